The van der Waals surface area contributed by atoms with Crippen LogP contribution in [0.25, 0.3) is 0 Å². The summed E-state index contributed by atoms with van der Waals surface area (Å²) in [5.41, 5.74) is 1.70. The van der Waals surface area contributed by atoms with Crippen molar-refractivity contribution in [3.05, 3.63) is 40.7 Å². The highest BCUT2D eigenvalue weighted by Crippen LogP contribution is 2.28. The van der Waals surface area contributed by atoms with E-state index in [-0.39, 0.29) is 4.21 Å². The summed E-state index contributed by atoms with van der Waals surface area (Å²) in [7, 11) is -3.57. The third-order valence-electron chi connectivity index (χ3n) is 3.96. The van der Waals surface area contributed by atoms with Crippen molar-refractivity contribution in [1.29, 1.82) is 0 Å². The number of halogens is 1. The van der Waals surface area contributed by atoms with E-state index in [4.69, 9.17) is 11.6 Å². The predicted octanol–water partition coefficient (Wildman–Crippen LogP) is 4.44. The fraction of sp³-hybridized carbons (Fsp3) is 0.375. The fourth-order valence-electron chi connectivity index (χ4n) is 2.81. The smallest absolute Gasteiger partial charge is 0.271 e. The van der Waals surface area contributed by atoms with E-state index < -0.39 is 10.0 Å². The maximum Gasteiger partial charge on any atom is 0.271 e. The number of benzene rings is 1. The third-order valence-corrected chi connectivity index (χ3v) is 7.06. The maximum atomic E-state index is 12.3. The molecule has 1 N–H and O–H groups in total. The summed E-state index contributed by atoms with van der Waals surface area (Å²) >= 11 is 6.86. The fourth-order valence-corrected chi connectivity index (χ4v) is 5.35. The first kappa shape index (κ1) is 16.6. The van der Waals surface area contributed by atoms with Crippen LogP contribution in [0.4, 0.5) is 11.4 Å². The summed E-state index contributed by atoms with van der Waals surface area (Å²) < 4.78 is 27.8. The molecule has 1 aromatic carbocycles. The van der Waals surface area contributed by atoms with Crippen molar-refractivity contribution in [3.63, 3.8) is 0 Å². The number of nitrogens with zero attached hydrogens (tertiary/aromatic N) is 1. The van der Waals surface area contributed by atoms with E-state index in [0.717, 1.165) is 30.1 Å². The first-order valence-electron chi connectivity index (χ1n) is 7.57. The monoisotopic (exact) mass is 370 g/mol. The van der Waals surface area contributed by atoms with E-state index in [9.17, 15) is 8.42 Å². The topological polar surface area (TPSA) is 49.4 Å². The number of rotatable bonds is 4. The lowest BCUT2D eigenvalue weighted by atomic mass is 10.00. The van der Waals surface area contributed by atoms with Gasteiger partial charge in [-0.2, -0.15) is 0 Å². The van der Waals surface area contributed by atoms with Gasteiger partial charge in [0.15, 0.2) is 0 Å². The van der Waals surface area contributed by atoms with Crippen LogP contribution < -0.4 is 9.62 Å². The molecule has 0 radical (unpaired) electrons. The Morgan fingerprint density at radius 1 is 1.22 bits per heavy atom. The van der Waals surface area contributed by atoms with Crippen LogP contribution in [0.2, 0.25) is 4.34 Å². The van der Waals surface area contributed by atoms with Gasteiger partial charge in [-0.05, 0) is 55.2 Å². The predicted molar refractivity (Wildman–Crippen MR) is 97.2 cm³/mol. The summed E-state index contributed by atoms with van der Waals surface area (Å²) in [6.07, 6.45) is 2.48. The van der Waals surface area contributed by atoms with Crippen LogP contribution >= 0.6 is 22.9 Å². The van der Waals surface area contributed by atoms with Crippen molar-refractivity contribution >= 4 is 44.3 Å². The first-order valence-corrected chi connectivity index (χ1v) is 10.2. The summed E-state index contributed by atoms with van der Waals surface area (Å²) in [5.74, 6) is 0.700. The van der Waals surface area contributed by atoms with E-state index in [1.54, 1.807) is 18.2 Å². The highest BCUT2D eigenvalue weighted by Gasteiger charge is 2.18. The van der Waals surface area contributed by atoms with Gasteiger partial charge in [-0.25, -0.2) is 8.42 Å². The van der Waals surface area contributed by atoms with Gasteiger partial charge in [0, 0.05) is 24.5 Å². The standard InChI is InChI=1S/C16H19ClN2O2S2/c1-12-3-2-10-19(11-12)14-6-4-13(5-7-14)18-23(20,21)16-9-8-15(17)22-16/h4-9,12,18H,2-3,10-11H2,1H3. The zero-order valence-corrected chi connectivity index (χ0v) is 15.2. The number of nitrogens with one attached hydrogen (secondary N) is 1. The lowest BCUT2D eigenvalue weighted by molar-refractivity contribution is 0.447. The number of thiophene rings is 1. The van der Waals surface area contributed by atoms with Gasteiger partial charge in [-0.3, -0.25) is 4.72 Å². The molecule has 2 aromatic rings. The van der Waals surface area contributed by atoms with Gasteiger partial charge in [0.25, 0.3) is 10.0 Å². The van der Waals surface area contributed by atoms with E-state index in [2.05, 4.69) is 16.5 Å². The zero-order chi connectivity index (χ0) is 16.4. The van der Waals surface area contributed by atoms with E-state index >= 15 is 0 Å². The van der Waals surface area contributed by atoms with Crippen molar-refractivity contribution in [3.8, 4) is 0 Å². The van der Waals surface area contributed by atoms with E-state index in [0.29, 0.717) is 15.9 Å². The summed E-state index contributed by atoms with van der Waals surface area (Å²) in [5, 5.41) is 0. The molecule has 0 bridgehead atoms. The van der Waals surface area contributed by atoms with Crippen LogP contribution in [-0.2, 0) is 10.0 Å². The molecule has 0 spiro atoms. The molecule has 1 fully saturated rings. The molecule has 124 valence electrons. The van der Waals surface area contributed by atoms with Gasteiger partial charge in [0.2, 0.25) is 0 Å². The Morgan fingerprint density at radius 3 is 2.57 bits per heavy atom. The molecule has 1 unspecified atom stereocenters. The van der Waals surface area contributed by atoms with Crippen molar-refractivity contribution in [2.45, 2.75) is 24.0 Å². The average Bonchev–Trinajstić information content (AvgIpc) is 2.95. The van der Waals surface area contributed by atoms with Crippen LogP contribution in [-0.4, -0.2) is 21.5 Å². The molecule has 0 aliphatic carbocycles. The first-order chi connectivity index (χ1) is 10.9. The van der Waals surface area contributed by atoms with E-state index in [1.165, 1.54) is 18.9 Å². The second-order valence-corrected chi connectivity index (χ2v) is 9.53. The Bertz CT molecular complexity index is 772. The molecule has 4 nitrogen and oxygen atoms in total. The summed E-state index contributed by atoms with van der Waals surface area (Å²) in [4.78, 5) is 2.35. The molecular formula is C16H19ClN2O2S2. The minimum Gasteiger partial charge on any atom is -0.371 e. The number of sulfonamides is 1. The van der Waals surface area contributed by atoms with Crippen molar-refractivity contribution < 1.29 is 8.42 Å². The molecule has 2 heterocycles. The normalized spacial score (nSPS) is 18.9. The van der Waals surface area contributed by atoms with Crippen LogP contribution in [0, 0.1) is 5.92 Å². The SMILES string of the molecule is CC1CCCN(c2ccc(NS(=O)(=O)c3ccc(Cl)s3)cc2)C1. The van der Waals surface area contributed by atoms with Crippen LogP contribution in [0.5, 0.6) is 0 Å². The molecule has 7 heteroatoms. The van der Waals surface area contributed by atoms with Gasteiger partial charge in [0.1, 0.15) is 4.21 Å². The van der Waals surface area contributed by atoms with E-state index in [1.807, 2.05) is 12.1 Å². The minimum atomic E-state index is -3.57. The maximum absolute atomic E-state index is 12.3. The molecule has 1 atom stereocenters. The molecule has 1 aliphatic rings. The van der Waals surface area contributed by atoms with Crippen LogP contribution in [0.15, 0.2) is 40.6 Å². The van der Waals surface area contributed by atoms with Gasteiger partial charge >= 0.3 is 0 Å². The Kier molecular flexibility index (Phi) is 4.85. The minimum absolute atomic E-state index is 0.219. The quantitative estimate of drug-likeness (QED) is 0.865. The third kappa shape index (κ3) is 4.00. The number of anilines is 2. The number of hydrogen-bond acceptors (Lipinski definition) is 4. The molecule has 23 heavy (non-hydrogen) atoms. The molecule has 1 saturated heterocycles. The Morgan fingerprint density at radius 2 is 1.96 bits per heavy atom. The number of piperidine rings is 1. The van der Waals surface area contributed by atoms with Gasteiger partial charge < -0.3 is 4.90 Å². The average molecular weight is 371 g/mol. The molecule has 3 rings (SSSR count). The molecule has 0 saturated carbocycles. The highest BCUT2D eigenvalue weighted by molar-refractivity contribution is 7.94. The van der Waals surface area contributed by atoms with Gasteiger partial charge in [-0.15, -0.1) is 11.3 Å². The highest BCUT2D eigenvalue weighted by atomic mass is 35.5. The van der Waals surface area contributed by atoms with Crippen molar-refractivity contribution in [2.75, 3.05) is 22.7 Å². The van der Waals surface area contributed by atoms with Gasteiger partial charge in [-0.1, -0.05) is 18.5 Å². The zero-order valence-electron chi connectivity index (χ0n) is 12.8. The molecule has 0 amide bonds. The lowest BCUT2D eigenvalue weighted by Gasteiger charge is -2.32. The Balaban J connectivity index is 1.72. The molecule has 1 aromatic heterocycles. The second-order valence-electron chi connectivity index (χ2n) is 5.90. The van der Waals surface area contributed by atoms with Gasteiger partial charge in [0.05, 0.1) is 4.34 Å². The molecular weight excluding hydrogens is 352 g/mol. The number of hydrogen-bond donors (Lipinski definition) is 1. The Hall–Kier alpha value is -1.24. The van der Waals surface area contributed by atoms with Crippen LogP contribution in [0.1, 0.15) is 19.8 Å². The molecule has 1 aliphatic heterocycles. The van der Waals surface area contributed by atoms with Crippen LogP contribution in [0.3, 0.4) is 0 Å². The largest absolute Gasteiger partial charge is 0.371 e. The summed E-state index contributed by atoms with van der Waals surface area (Å²) in [6, 6.07) is 10.7. The lowest BCUT2D eigenvalue weighted by Crippen LogP contribution is -2.34. The second kappa shape index (κ2) is 6.71. The summed E-state index contributed by atoms with van der Waals surface area (Å²) in [6.45, 7) is 4.38. The van der Waals surface area contributed by atoms with Crippen molar-refractivity contribution in [1.82, 2.24) is 0 Å². The Labute approximate surface area is 146 Å². The van der Waals surface area contributed by atoms with Crippen molar-refractivity contribution in [2.24, 2.45) is 5.92 Å².